The molecule has 0 spiro atoms. The summed E-state index contributed by atoms with van der Waals surface area (Å²) < 4.78 is 68.6. The Hall–Kier alpha value is -1.94. The van der Waals surface area contributed by atoms with Gasteiger partial charge in [0.15, 0.2) is 12.2 Å². The minimum absolute atomic E-state index is 0.107. The predicted molar refractivity (Wildman–Crippen MR) is 395 cm³/mol. The van der Waals surface area contributed by atoms with Gasteiger partial charge in [-0.25, -0.2) is 9.13 Å². The highest BCUT2D eigenvalue weighted by atomic mass is 31.2. The fourth-order valence-corrected chi connectivity index (χ4v) is 13.5. The van der Waals surface area contributed by atoms with Crippen molar-refractivity contribution < 1.29 is 80.2 Å². The molecule has 0 aromatic heterocycles. The topological polar surface area (TPSA) is 237 Å². The predicted octanol–water partition coefficient (Wildman–Crippen LogP) is 23.1. The Labute approximate surface area is 594 Å². The molecule has 0 saturated heterocycles. The number of unbranched alkanes of at least 4 members (excludes halogenated alkanes) is 45. The van der Waals surface area contributed by atoms with E-state index in [-0.39, 0.29) is 25.7 Å². The molecule has 576 valence electrons. The summed E-state index contributed by atoms with van der Waals surface area (Å²) in [5, 5.41) is 10.6. The summed E-state index contributed by atoms with van der Waals surface area (Å²) in [4.78, 5) is 72.9. The van der Waals surface area contributed by atoms with E-state index in [0.717, 1.165) is 108 Å². The zero-order valence-corrected chi connectivity index (χ0v) is 65.2. The Kier molecular flexibility index (Phi) is 68.4. The number of phosphoric ester groups is 2. The van der Waals surface area contributed by atoms with Gasteiger partial charge in [0.1, 0.15) is 19.3 Å². The Morgan fingerprint density at radius 2 is 0.495 bits per heavy atom. The minimum atomic E-state index is -4.96. The van der Waals surface area contributed by atoms with E-state index in [9.17, 15) is 43.2 Å². The molecular weight excluding hydrogens is 1270 g/mol. The zero-order valence-electron chi connectivity index (χ0n) is 63.4. The van der Waals surface area contributed by atoms with Gasteiger partial charge in [0.2, 0.25) is 0 Å². The maximum absolute atomic E-state index is 13.1. The molecule has 0 aromatic rings. The van der Waals surface area contributed by atoms with Crippen LogP contribution in [-0.4, -0.2) is 96.7 Å². The molecule has 0 aromatic carbocycles. The van der Waals surface area contributed by atoms with E-state index < -0.39 is 97.5 Å². The molecule has 0 radical (unpaired) electrons. The van der Waals surface area contributed by atoms with Crippen LogP contribution in [0.1, 0.15) is 408 Å². The van der Waals surface area contributed by atoms with Crippen LogP contribution in [0.4, 0.5) is 0 Å². The van der Waals surface area contributed by atoms with Crippen molar-refractivity contribution in [2.45, 2.75) is 426 Å². The third-order valence-corrected chi connectivity index (χ3v) is 20.8. The van der Waals surface area contributed by atoms with Gasteiger partial charge < -0.3 is 33.8 Å². The van der Waals surface area contributed by atoms with Crippen LogP contribution >= 0.6 is 15.6 Å². The number of hydrogen-bond acceptors (Lipinski definition) is 15. The first kappa shape index (κ1) is 95.1. The first-order valence-electron chi connectivity index (χ1n) is 40.6. The van der Waals surface area contributed by atoms with Crippen LogP contribution in [0.15, 0.2) is 0 Å². The van der Waals surface area contributed by atoms with Gasteiger partial charge in [-0.1, -0.05) is 356 Å². The van der Waals surface area contributed by atoms with Crippen LogP contribution in [0.2, 0.25) is 0 Å². The van der Waals surface area contributed by atoms with Crippen LogP contribution < -0.4 is 0 Å². The highest BCUT2D eigenvalue weighted by Gasteiger charge is 2.30. The van der Waals surface area contributed by atoms with Gasteiger partial charge in [-0.2, -0.15) is 0 Å². The first-order chi connectivity index (χ1) is 46.9. The van der Waals surface area contributed by atoms with E-state index in [4.69, 9.17) is 37.0 Å². The fraction of sp³-hybridized carbons (Fsp3) is 0.949. The number of aliphatic hydroxyl groups excluding tert-OH is 1. The summed E-state index contributed by atoms with van der Waals surface area (Å²) in [6.07, 6.45) is 58.2. The largest absolute Gasteiger partial charge is 0.472 e. The van der Waals surface area contributed by atoms with Crippen molar-refractivity contribution in [3.05, 3.63) is 0 Å². The van der Waals surface area contributed by atoms with Crippen LogP contribution in [0.5, 0.6) is 0 Å². The number of esters is 4. The Bertz CT molecular complexity index is 1880. The molecule has 7 atom stereocenters. The van der Waals surface area contributed by atoms with Gasteiger partial charge in [0.25, 0.3) is 0 Å². The molecule has 0 heterocycles. The van der Waals surface area contributed by atoms with Crippen molar-refractivity contribution in [2.24, 2.45) is 11.8 Å². The van der Waals surface area contributed by atoms with Gasteiger partial charge in [-0.05, 0) is 37.5 Å². The van der Waals surface area contributed by atoms with E-state index in [1.54, 1.807) is 0 Å². The van der Waals surface area contributed by atoms with Gasteiger partial charge in [0, 0.05) is 25.7 Å². The number of rotatable bonds is 77. The lowest BCUT2D eigenvalue weighted by Crippen LogP contribution is -2.30. The molecule has 0 fully saturated rings. The third-order valence-electron chi connectivity index (χ3n) is 18.9. The van der Waals surface area contributed by atoms with Crippen LogP contribution in [0.25, 0.3) is 0 Å². The van der Waals surface area contributed by atoms with Crippen molar-refractivity contribution in [1.29, 1.82) is 0 Å². The van der Waals surface area contributed by atoms with E-state index >= 15 is 0 Å². The molecule has 0 bridgehead atoms. The molecule has 0 aliphatic heterocycles. The maximum Gasteiger partial charge on any atom is 0.472 e. The second-order valence-corrected chi connectivity index (χ2v) is 31.5. The summed E-state index contributed by atoms with van der Waals surface area (Å²) >= 11 is 0. The number of carbonyl (C=O) groups is 4. The fourth-order valence-electron chi connectivity index (χ4n) is 11.9. The van der Waals surface area contributed by atoms with Crippen LogP contribution in [-0.2, 0) is 65.4 Å². The molecule has 0 rings (SSSR count). The Morgan fingerprint density at radius 1 is 0.289 bits per heavy atom. The van der Waals surface area contributed by atoms with E-state index in [1.807, 2.05) is 0 Å². The van der Waals surface area contributed by atoms with Gasteiger partial charge in [-0.3, -0.25) is 37.3 Å². The van der Waals surface area contributed by atoms with Gasteiger partial charge in [-0.15, -0.1) is 0 Å². The lowest BCUT2D eigenvalue weighted by atomic mass is 9.99. The third kappa shape index (κ3) is 69.5. The SMILES string of the molecule is CCCCCCCCCCCCCCCCCCCC(=O)OC[C@H](COP(=O)(O)OC[C@@H](O)COP(=O)(O)OC[C@@H](COC(=O)CCCCCCCCC(C)CC)OC(=O)CCCCCCCCCCCCCC)OC(=O)CCCCCCCCCCCCCCCCC(C)CC. The highest BCUT2D eigenvalue weighted by molar-refractivity contribution is 7.47. The molecule has 4 unspecified atom stereocenters. The average molecular weight is 1420 g/mol. The molecule has 3 N–H and O–H groups in total. The second-order valence-electron chi connectivity index (χ2n) is 28.6. The summed E-state index contributed by atoms with van der Waals surface area (Å²) in [7, 11) is -9.91. The highest BCUT2D eigenvalue weighted by Crippen LogP contribution is 2.45. The van der Waals surface area contributed by atoms with E-state index in [0.29, 0.717) is 25.7 Å². The van der Waals surface area contributed by atoms with E-state index in [1.165, 1.54) is 218 Å². The lowest BCUT2D eigenvalue weighted by molar-refractivity contribution is -0.161. The number of hydrogen-bond donors (Lipinski definition) is 3. The van der Waals surface area contributed by atoms with Crippen molar-refractivity contribution in [3.63, 3.8) is 0 Å². The number of ether oxygens (including phenoxy) is 4. The second kappa shape index (κ2) is 69.8. The average Bonchev–Trinajstić information content (AvgIpc) is 1.02. The zero-order chi connectivity index (χ0) is 71.4. The van der Waals surface area contributed by atoms with Crippen LogP contribution in [0.3, 0.4) is 0 Å². The molecule has 97 heavy (non-hydrogen) atoms. The normalized spacial score (nSPS) is 14.5. The van der Waals surface area contributed by atoms with Crippen molar-refractivity contribution >= 4 is 39.5 Å². The summed E-state index contributed by atoms with van der Waals surface area (Å²) in [6, 6.07) is 0. The molecule has 0 saturated carbocycles. The number of aliphatic hydroxyl groups is 1. The maximum atomic E-state index is 13.1. The molecule has 19 heteroatoms. The quantitative estimate of drug-likeness (QED) is 0.0222. The Balaban J connectivity index is 5.24. The molecule has 17 nitrogen and oxygen atoms in total. The standard InChI is InChI=1S/C78H152O17P2/c1-7-11-13-15-17-19-21-23-24-25-26-30-34-37-41-48-54-60-75(80)88-66-73(94-78(83)63-57-51-43-39-35-31-28-27-29-32-36-40-46-52-58-70(5)9-3)68-92-96(84,85)90-64-72(79)65-91-97(86,87)93-69-74(67-89-76(81)61-55-49-45-44-47-53-59-71(6)10-4)95-77(82)62-56-50-42-38-33-22-20-18-16-14-12-8-2/h70-74,79H,7-69H2,1-6H3,(H,84,85)(H,86,87)/t70?,71?,72-,73-,74-/m1/s1. The van der Waals surface area contributed by atoms with Crippen molar-refractivity contribution in [2.75, 3.05) is 39.6 Å². The van der Waals surface area contributed by atoms with E-state index in [2.05, 4.69) is 41.5 Å². The Morgan fingerprint density at radius 3 is 0.732 bits per heavy atom. The molecule has 0 aliphatic carbocycles. The first-order valence-corrected chi connectivity index (χ1v) is 43.6. The smallest absolute Gasteiger partial charge is 0.462 e. The number of carbonyl (C=O) groups excluding carboxylic acids is 4. The molecule has 0 amide bonds. The van der Waals surface area contributed by atoms with Crippen molar-refractivity contribution in [3.8, 4) is 0 Å². The number of phosphoric acid groups is 2. The van der Waals surface area contributed by atoms with Crippen molar-refractivity contribution in [1.82, 2.24) is 0 Å². The van der Waals surface area contributed by atoms with Gasteiger partial charge >= 0.3 is 39.5 Å². The minimum Gasteiger partial charge on any atom is -0.462 e. The molecular formula is C78H152O17P2. The summed E-state index contributed by atoms with van der Waals surface area (Å²) in [6.45, 7) is 9.63. The summed E-state index contributed by atoms with van der Waals surface area (Å²) in [5.74, 6) is -0.535. The lowest BCUT2D eigenvalue weighted by Gasteiger charge is -2.21. The monoisotopic (exact) mass is 1420 g/mol. The van der Waals surface area contributed by atoms with Gasteiger partial charge in [0.05, 0.1) is 26.4 Å². The molecule has 0 aliphatic rings. The summed E-state index contributed by atoms with van der Waals surface area (Å²) in [5.41, 5.74) is 0. The van der Waals surface area contributed by atoms with Crippen LogP contribution in [0, 0.1) is 11.8 Å².